The summed E-state index contributed by atoms with van der Waals surface area (Å²) < 4.78 is 6.13. The van der Waals surface area contributed by atoms with Crippen LogP contribution in [0.1, 0.15) is 9.75 Å². The van der Waals surface area contributed by atoms with E-state index in [1.807, 2.05) is 6.20 Å². The smallest absolute Gasteiger partial charge is 0.183 e. The zero-order valence-corrected chi connectivity index (χ0v) is 10.7. The molecule has 2 aromatic rings. The van der Waals surface area contributed by atoms with Crippen LogP contribution < -0.4 is 4.90 Å². The van der Waals surface area contributed by atoms with Crippen LogP contribution in [0.4, 0.5) is 5.69 Å². The Labute approximate surface area is 106 Å². The van der Waals surface area contributed by atoms with Crippen molar-refractivity contribution >= 4 is 40.0 Å². The van der Waals surface area contributed by atoms with Gasteiger partial charge in [-0.2, -0.15) is 0 Å². The highest BCUT2D eigenvalue weighted by atomic mass is 35.5. The maximum Gasteiger partial charge on any atom is 0.183 e. The molecule has 0 aromatic carbocycles. The molecule has 0 N–H and O–H groups in total. The lowest BCUT2D eigenvalue weighted by molar-refractivity contribution is 0.112. The predicted octanol–water partition coefficient (Wildman–Crippen LogP) is 3.35. The largest absolute Gasteiger partial charge is 0.356 e. The number of ether oxygens (including phenoxy) is 1. The second kappa shape index (κ2) is 4.33. The lowest BCUT2D eigenvalue weighted by atomic mass is 10.3. The van der Waals surface area contributed by atoms with E-state index in [2.05, 4.69) is 21.3 Å². The van der Waals surface area contributed by atoms with Crippen molar-refractivity contribution in [3.63, 3.8) is 0 Å². The van der Waals surface area contributed by atoms with Crippen LogP contribution in [0.2, 0.25) is 4.47 Å². The average molecular weight is 273 g/mol. The number of fused-ring (bicyclic) bond motifs is 1. The quantitative estimate of drug-likeness (QED) is 0.838. The maximum absolute atomic E-state index is 5.82. The topological polar surface area (TPSA) is 25.4 Å². The Balaban J connectivity index is 1.82. The highest BCUT2D eigenvalue weighted by Gasteiger charge is 2.18. The summed E-state index contributed by atoms with van der Waals surface area (Å²) in [6.45, 7) is 2.18. The molecule has 0 spiro atoms. The van der Waals surface area contributed by atoms with Gasteiger partial charge >= 0.3 is 0 Å². The average Bonchev–Trinajstić information content (AvgIpc) is 2.87. The van der Waals surface area contributed by atoms with E-state index in [9.17, 15) is 0 Å². The third-order valence-corrected chi connectivity index (χ3v) is 4.40. The van der Waals surface area contributed by atoms with Gasteiger partial charge in [-0.05, 0) is 11.4 Å². The van der Waals surface area contributed by atoms with Crippen LogP contribution in [0, 0.1) is 0 Å². The minimum Gasteiger partial charge on any atom is -0.356 e. The fourth-order valence-corrected chi connectivity index (χ4v) is 3.54. The van der Waals surface area contributed by atoms with Crippen LogP contribution in [0.15, 0.2) is 17.6 Å². The van der Waals surface area contributed by atoms with Gasteiger partial charge in [0.15, 0.2) is 4.47 Å². The molecule has 2 aromatic heterocycles. The molecule has 0 fully saturated rings. The first-order valence-corrected chi connectivity index (χ1v) is 6.89. The zero-order chi connectivity index (χ0) is 11.0. The molecule has 1 aliphatic heterocycles. The van der Waals surface area contributed by atoms with Crippen LogP contribution >= 0.6 is 34.3 Å². The minimum absolute atomic E-state index is 0.596. The zero-order valence-electron chi connectivity index (χ0n) is 8.35. The first-order chi connectivity index (χ1) is 7.83. The Morgan fingerprint density at radius 1 is 1.56 bits per heavy atom. The molecule has 3 heterocycles. The van der Waals surface area contributed by atoms with Crippen molar-refractivity contribution in [1.29, 1.82) is 0 Å². The summed E-state index contributed by atoms with van der Waals surface area (Å²) >= 11 is 9.08. The van der Waals surface area contributed by atoms with Gasteiger partial charge in [-0.15, -0.1) is 22.7 Å². The molecule has 3 nitrogen and oxygen atoms in total. The van der Waals surface area contributed by atoms with Gasteiger partial charge in [-0.3, -0.25) is 0 Å². The van der Waals surface area contributed by atoms with E-state index in [4.69, 9.17) is 16.3 Å². The minimum atomic E-state index is 0.596. The molecule has 84 valence electrons. The normalized spacial score (nSPS) is 15.2. The van der Waals surface area contributed by atoms with Gasteiger partial charge in [0.05, 0.1) is 23.7 Å². The third kappa shape index (κ3) is 1.96. The summed E-state index contributed by atoms with van der Waals surface area (Å²) in [6.07, 6.45) is 1.83. The van der Waals surface area contributed by atoms with Gasteiger partial charge < -0.3 is 9.64 Å². The highest BCUT2D eigenvalue weighted by molar-refractivity contribution is 7.15. The maximum atomic E-state index is 5.82. The molecule has 3 rings (SSSR count). The summed E-state index contributed by atoms with van der Waals surface area (Å²) in [5, 5.41) is 2.10. The van der Waals surface area contributed by atoms with E-state index in [1.165, 1.54) is 21.9 Å². The molecule has 0 atom stereocenters. The first kappa shape index (κ1) is 10.5. The van der Waals surface area contributed by atoms with Crippen molar-refractivity contribution in [2.75, 3.05) is 11.6 Å². The molecule has 16 heavy (non-hydrogen) atoms. The van der Waals surface area contributed by atoms with Gasteiger partial charge in [0, 0.05) is 11.1 Å². The monoisotopic (exact) mass is 272 g/mol. The van der Waals surface area contributed by atoms with Crippen molar-refractivity contribution in [3.8, 4) is 0 Å². The van der Waals surface area contributed by atoms with Gasteiger partial charge in [0.2, 0.25) is 0 Å². The van der Waals surface area contributed by atoms with Crippen molar-refractivity contribution in [1.82, 2.24) is 4.98 Å². The van der Waals surface area contributed by atoms with Crippen LogP contribution in [-0.4, -0.2) is 11.7 Å². The number of hydrogen-bond acceptors (Lipinski definition) is 5. The Morgan fingerprint density at radius 2 is 2.50 bits per heavy atom. The van der Waals surface area contributed by atoms with E-state index in [0.717, 1.165) is 18.0 Å². The molecular weight excluding hydrogens is 264 g/mol. The summed E-state index contributed by atoms with van der Waals surface area (Å²) in [7, 11) is 0. The second-order valence-corrected chi connectivity index (χ2v) is 6.18. The van der Waals surface area contributed by atoms with Gasteiger partial charge in [-0.25, -0.2) is 4.98 Å². The van der Waals surface area contributed by atoms with Crippen LogP contribution in [0.5, 0.6) is 0 Å². The van der Waals surface area contributed by atoms with Crippen molar-refractivity contribution in [2.24, 2.45) is 0 Å². The van der Waals surface area contributed by atoms with Crippen molar-refractivity contribution in [2.45, 2.75) is 13.2 Å². The number of thiophene rings is 1. The van der Waals surface area contributed by atoms with Crippen molar-refractivity contribution in [3.05, 3.63) is 31.9 Å². The molecule has 1 aliphatic rings. The van der Waals surface area contributed by atoms with Crippen LogP contribution in [-0.2, 0) is 17.9 Å². The molecule has 0 saturated heterocycles. The fourth-order valence-electron chi connectivity index (χ4n) is 1.72. The van der Waals surface area contributed by atoms with Gasteiger partial charge in [0.25, 0.3) is 0 Å². The first-order valence-electron chi connectivity index (χ1n) is 4.82. The lowest BCUT2D eigenvalue weighted by Crippen LogP contribution is -2.28. The molecule has 0 amide bonds. The van der Waals surface area contributed by atoms with E-state index in [0.29, 0.717) is 11.2 Å². The molecule has 0 unspecified atom stereocenters. The Kier molecular flexibility index (Phi) is 2.85. The second-order valence-electron chi connectivity index (χ2n) is 3.48. The summed E-state index contributed by atoms with van der Waals surface area (Å²) in [5.74, 6) is 0. The van der Waals surface area contributed by atoms with E-state index in [1.54, 1.807) is 11.3 Å². The lowest BCUT2D eigenvalue weighted by Gasteiger charge is -2.28. The number of aromatic nitrogens is 1. The summed E-state index contributed by atoms with van der Waals surface area (Å²) in [6, 6.07) is 2.14. The highest BCUT2D eigenvalue weighted by Crippen LogP contribution is 2.32. The summed E-state index contributed by atoms with van der Waals surface area (Å²) in [5.41, 5.74) is 1.28. The molecule has 0 radical (unpaired) electrons. The van der Waals surface area contributed by atoms with Gasteiger partial charge in [0.1, 0.15) is 6.73 Å². The predicted molar refractivity (Wildman–Crippen MR) is 67.3 cm³/mol. The number of nitrogens with zero attached hydrogens (tertiary/aromatic N) is 2. The Hall–Kier alpha value is -0.620. The Morgan fingerprint density at radius 3 is 3.31 bits per heavy atom. The van der Waals surface area contributed by atoms with E-state index in [-0.39, 0.29) is 0 Å². The van der Waals surface area contributed by atoms with Crippen molar-refractivity contribution < 1.29 is 4.74 Å². The summed E-state index contributed by atoms with van der Waals surface area (Å²) in [4.78, 5) is 8.71. The number of halogens is 1. The molecule has 0 bridgehead atoms. The molecule has 6 heteroatoms. The molecular formula is C10H9ClN2OS2. The number of hydrogen-bond donors (Lipinski definition) is 0. The number of rotatable bonds is 2. The van der Waals surface area contributed by atoms with Crippen LogP contribution in [0.25, 0.3) is 0 Å². The number of thiazole rings is 1. The van der Waals surface area contributed by atoms with Gasteiger partial charge in [-0.1, -0.05) is 11.6 Å². The van der Waals surface area contributed by atoms with E-state index >= 15 is 0 Å². The standard InChI is InChI=1S/C10H9ClN2OS2/c11-10-12-3-7(16-10)4-13-6-14-5-9-8(13)1-2-15-9/h1-3H,4-6H2. The SMILES string of the molecule is Clc1ncc(CN2COCc3sccc32)s1. The number of anilines is 1. The third-order valence-electron chi connectivity index (χ3n) is 2.41. The molecule has 0 aliphatic carbocycles. The van der Waals surface area contributed by atoms with E-state index < -0.39 is 0 Å². The Bertz CT molecular complexity index is 496. The van der Waals surface area contributed by atoms with Crippen LogP contribution in [0.3, 0.4) is 0 Å². The molecule has 0 saturated carbocycles. The fraction of sp³-hybridized carbons (Fsp3) is 0.300.